The SMILES string of the molecule is COC(=O)N[C@H]1CCCCOCc2nc([nH]c2C)[C@@H]2CCCN2C1=O.S.S. The Hall–Kier alpha value is -1.39. The number of aromatic amines is 1. The molecule has 0 aromatic carbocycles. The highest BCUT2D eigenvalue weighted by atomic mass is 32.1. The molecule has 0 radical (unpaired) electrons. The van der Waals surface area contributed by atoms with Crippen LogP contribution in [0.4, 0.5) is 4.79 Å². The van der Waals surface area contributed by atoms with E-state index in [2.05, 4.69) is 20.0 Å². The molecule has 27 heavy (non-hydrogen) atoms. The van der Waals surface area contributed by atoms with Crippen LogP contribution in [-0.2, 0) is 20.9 Å². The number of aryl methyl sites for hydroxylation is 1. The quantitative estimate of drug-likeness (QED) is 0.727. The van der Waals surface area contributed by atoms with Gasteiger partial charge in [0.25, 0.3) is 0 Å². The number of hydrogen-bond acceptors (Lipinski definition) is 5. The van der Waals surface area contributed by atoms with Crippen LogP contribution in [0.5, 0.6) is 0 Å². The molecular formula is C17H30N4O4S2. The maximum absolute atomic E-state index is 13.1. The normalized spacial score (nSPS) is 22.9. The monoisotopic (exact) mass is 418 g/mol. The van der Waals surface area contributed by atoms with Crippen molar-refractivity contribution in [3.63, 3.8) is 0 Å². The molecule has 0 aliphatic carbocycles. The number of nitrogens with zero attached hydrogens (tertiary/aromatic N) is 2. The topological polar surface area (TPSA) is 96.6 Å². The third-order valence-corrected chi connectivity index (χ3v) is 4.90. The fourth-order valence-corrected chi connectivity index (χ4v) is 3.51. The standard InChI is InChI=1S/C17H26N4O4.2H2S/c1-11-13-10-25-9-4-3-6-12(20-17(23)24-2)16(22)21-8-5-7-14(21)15(18-11)19-13;;/h12,14H,3-10H2,1-2H3,(H,18,19)(H,20,23);2*1H2/t12-,14-;;/m0../s1. The van der Waals surface area contributed by atoms with Crippen LogP contribution in [-0.4, -0.2) is 53.2 Å². The first-order valence-corrected chi connectivity index (χ1v) is 8.88. The highest BCUT2D eigenvalue weighted by Gasteiger charge is 2.36. The number of rotatable bonds is 1. The lowest BCUT2D eigenvalue weighted by Crippen LogP contribution is -2.48. The molecule has 0 spiro atoms. The molecule has 3 rings (SSSR count). The highest BCUT2D eigenvalue weighted by molar-refractivity contribution is 7.59. The fraction of sp³-hybridized carbons (Fsp3) is 0.706. The van der Waals surface area contributed by atoms with Crippen molar-refractivity contribution in [1.82, 2.24) is 20.2 Å². The second kappa shape index (κ2) is 10.8. The van der Waals surface area contributed by atoms with Gasteiger partial charge in [-0.2, -0.15) is 27.0 Å². The summed E-state index contributed by atoms with van der Waals surface area (Å²) in [6.07, 6.45) is 3.40. The summed E-state index contributed by atoms with van der Waals surface area (Å²) in [7, 11) is 1.30. The van der Waals surface area contributed by atoms with Crippen LogP contribution in [0.3, 0.4) is 0 Å². The maximum Gasteiger partial charge on any atom is 0.407 e. The lowest BCUT2D eigenvalue weighted by atomic mass is 10.1. The zero-order chi connectivity index (χ0) is 17.8. The van der Waals surface area contributed by atoms with Crippen molar-refractivity contribution < 1.29 is 19.1 Å². The molecular weight excluding hydrogens is 388 g/mol. The molecule has 0 saturated carbocycles. The number of alkyl carbamates (subject to hydrolysis) is 1. The number of carbonyl (C=O) groups is 2. The number of fused-ring (bicyclic) bond motifs is 4. The Morgan fingerprint density at radius 2 is 2.07 bits per heavy atom. The molecule has 2 amide bonds. The molecule has 2 aliphatic heterocycles. The Kier molecular flexibility index (Phi) is 9.48. The molecule has 1 fully saturated rings. The lowest BCUT2D eigenvalue weighted by molar-refractivity contribution is -0.134. The number of hydrogen-bond donors (Lipinski definition) is 2. The van der Waals surface area contributed by atoms with Crippen LogP contribution in [0.2, 0.25) is 0 Å². The van der Waals surface area contributed by atoms with Crippen LogP contribution >= 0.6 is 27.0 Å². The molecule has 154 valence electrons. The summed E-state index contributed by atoms with van der Waals surface area (Å²) < 4.78 is 10.4. The third-order valence-electron chi connectivity index (χ3n) is 4.90. The van der Waals surface area contributed by atoms with E-state index in [1.807, 2.05) is 11.8 Å². The summed E-state index contributed by atoms with van der Waals surface area (Å²) >= 11 is 0. The van der Waals surface area contributed by atoms with Gasteiger partial charge in [-0.3, -0.25) is 4.79 Å². The largest absolute Gasteiger partial charge is 0.453 e. The zero-order valence-corrected chi connectivity index (χ0v) is 17.8. The van der Waals surface area contributed by atoms with Crippen molar-refractivity contribution >= 4 is 39.0 Å². The predicted octanol–water partition coefficient (Wildman–Crippen LogP) is 2.03. The average molecular weight is 419 g/mol. The lowest BCUT2D eigenvalue weighted by Gasteiger charge is -2.28. The van der Waals surface area contributed by atoms with Crippen molar-refractivity contribution in [3.8, 4) is 0 Å². The average Bonchev–Trinajstić information content (AvgIpc) is 3.22. The first-order valence-electron chi connectivity index (χ1n) is 8.88. The van der Waals surface area contributed by atoms with E-state index in [1.54, 1.807) is 0 Å². The third kappa shape index (κ3) is 5.55. The second-order valence-corrected chi connectivity index (χ2v) is 6.62. The van der Waals surface area contributed by atoms with Gasteiger partial charge in [-0.05, 0) is 39.0 Å². The van der Waals surface area contributed by atoms with Gasteiger partial charge in [0.15, 0.2) is 0 Å². The molecule has 1 saturated heterocycles. The Morgan fingerprint density at radius 3 is 2.81 bits per heavy atom. The van der Waals surface area contributed by atoms with E-state index in [9.17, 15) is 9.59 Å². The van der Waals surface area contributed by atoms with Crippen LogP contribution in [0.1, 0.15) is 55.4 Å². The molecule has 2 aliphatic rings. The van der Waals surface area contributed by atoms with Gasteiger partial charge in [0.1, 0.15) is 11.9 Å². The van der Waals surface area contributed by atoms with E-state index in [-0.39, 0.29) is 38.9 Å². The van der Waals surface area contributed by atoms with Gasteiger partial charge >= 0.3 is 6.09 Å². The van der Waals surface area contributed by atoms with Crippen molar-refractivity contribution in [2.24, 2.45) is 0 Å². The minimum atomic E-state index is -0.579. The number of carbonyl (C=O) groups excluding carboxylic acids is 2. The fourth-order valence-electron chi connectivity index (χ4n) is 3.51. The highest BCUT2D eigenvalue weighted by Crippen LogP contribution is 2.32. The maximum atomic E-state index is 13.1. The summed E-state index contributed by atoms with van der Waals surface area (Å²) in [5.74, 6) is 0.738. The smallest absolute Gasteiger partial charge is 0.407 e. The molecule has 0 unspecified atom stereocenters. The van der Waals surface area contributed by atoms with Gasteiger partial charge in [0.2, 0.25) is 5.91 Å². The van der Waals surface area contributed by atoms with E-state index in [1.165, 1.54) is 7.11 Å². The Bertz CT molecular complexity index is 640. The van der Waals surface area contributed by atoms with E-state index in [0.717, 1.165) is 42.9 Å². The van der Waals surface area contributed by atoms with Crippen LogP contribution in [0.25, 0.3) is 0 Å². The number of aromatic nitrogens is 2. The number of ether oxygens (including phenoxy) is 2. The van der Waals surface area contributed by atoms with Gasteiger partial charge < -0.3 is 24.7 Å². The van der Waals surface area contributed by atoms with Crippen molar-refractivity contribution in [1.29, 1.82) is 0 Å². The van der Waals surface area contributed by atoms with E-state index >= 15 is 0 Å². The number of imidazole rings is 1. The van der Waals surface area contributed by atoms with E-state index in [4.69, 9.17) is 4.74 Å². The first-order chi connectivity index (χ1) is 12.1. The second-order valence-electron chi connectivity index (χ2n) is 6.62. The summed E-state index contributed by atoms with van der Waals surface area (Å²) in [6, 6.07) is -0.660. The van der Waals surface area contributed by atoms with Crippen molar-refractivity contribution in [3.05, 3.63) is 17.2 Å². The van der Waals surface area contributed by atoms with E-state index in [0.29, 0.717) is 26.2 Å². The minimum absolute atomic E-state index is 0. The number of methoxy groups -OCH3 is 1. The Labute approximate surface area is 173 Å². The molecule has 8 nitrogen and oxygen atoms in total. The minimum Gasteiger partial charge on any atom is -0.453 e. The van der Waals surface area contributed by atoms with Crippen LogP contribution in [0.15, 0.2) is 0 Å². The van der Waals surface area contributed by atoms with Gasteiger partial charge in [-0.15, -0.1) is 0 Å². The molecule has 2 bridgehead atoms. The van der Waals surface area contributed by atoms with E-state index < -0.39 is 12.1 Å². The first kappa shape index (κ1) is 23.6. The number of H-pyrrole nitrogens is 1. The summed E-state index contributed by atoms with van der Waals surface area (Å²) in [5, 5.41) is 2.69. The van der Waals surface area contributed by atoms with Gasteiger partial charge in [0, 0.05) is 18.8 Å². The molecule has 2 N–H and O–H groups in total. The van der Waals surface area contributed by atoms with Crippen LogP contribution < -0.4 is 5.32 Å². The van der Waals surface area contributed by atoms with Crippen LogP contribution in [0, 0.1) is 6.92 Å². The molecule has 10 heteroatoms. The predicted molar refractivity (Wildman–Crippen MR) is 111 cm³/mol. The van der Waals surface area contributed by atoms with Gasteiger partial charge in [0.05, 0.1) is 25.5 Å². The number of nitrogens with one attached hydrogen (secondary N) is 2. The summed E-state index contributed by atoms with van der Waals surface area (Å²) in [6.45, 7) is 3.74. The Morgan fingerprint density at radius 1 is 1.30 bits per heavy atom. The molecule has 3 heterocycles. The number of amides is 2. The molecule has 1 aromatic heterocycles. The van der Waals surface area contributed by atoms with Gasteiger partial charge in [-0.1, -0.05) is 0 Å². The zero-order valence-electron chi connectivity index (χ0n) is 15.8. The molecule has 1 aromatic rings. The Balaban J connectivity index is 0.00000182. The van der Waals surface area contributed by atoms with Crippen molar-refractivity contribution in [2.45, 2.75) is 57.7 Å². The summed E-state index contributed by atoms with van der Waals surface area (Å²) in [5.41, 5.74) is 1.88. The molecule has 2 atom stereocenters. The van der Waals surface area contributed by atoms with Crippen molar-refractivity contribution in [2.75, 3.05) is 20.3 Å². The van der Waals surface area contributed by atoms with Gasteiger partial charge in [-0.25, -0.2) is 9.78 Å². The summed E-state index contributed by atoms with van der Waals surface area (Å²) in [4.78, 5) is 34.5.